The molecule has 1 heterocycles. The van der Waals surface area contributed by atoms with E-state index in [0.29, 0.717) is 15.7 Å². The molecule has 0 aliphatic rings. The molecule has 21 heavy (non-hydrogen) atoms. The molecule has 2 rings (SSSR count). The molecule has 0 bridgehead atoms. The molecule has 7 heteroatoms. The summed E-state index contributed by atoms with van der Waals surface area (Å²) < 4.78 is 6.85. The minimum Gasteiger partial charge on any atom is -0.481 e. The first-order valence-corrected chi connectivity index (χ1v) is 6.77. The van der Waals surface area contributed by atoms with Gasteiger partial charge in [-0.15, -0.1) is 0 Å². The molecule has 0 fully saturated rings. The summed E-state index contributed by atoms with van der Waals surface area (Å²) in [5.74, 6) is -0.874. The zero-order valence-electron chi connectivity index (χ0n) is 11.1. The van der Waals surface area contributed by atoms with Gasteiger partial charge >= 0.3 is 0 Å². The van der Waals surface area contributed by atoms with E-state index < -0.39 is 11.8 Å². The van der Waals surface area contributed by atoms with Gasteiger partial charge in [0.05, 0.1) is 10.0 Å². The highest BCUT2D eigenvalue weighted by Crippen LogP contribution is 2.32. The summed E-state index contributed by atoms with van der Waals surface area (Å²) in [5.41, 5.74) is 0.374. The number of imide groups is 1. The van der Waals surface area contributed by atoms with Gasteiger partial charge in [-0.2, -0.15) is 0 Å². The fourth-order valence-electron chi connectivity index (χ4n) is 1.68. The van der Waals surface area contributed by atoms with E-state index >= 15 is 0 Å². The Labute approximate surface area is 131 Å². The molecule has 1 N–H and O–H groups in total. The second kappa shape index (κ2) is 6.65. The summed E-state index contributed by atoms with van der Waals surface area (Å²) in [7, 11) is 1.71. The van der Waals surface area contributed by atoms with Gasteiger partial charge in [0.25, 0.3) is 11.8 Å². The minimum atomic E-state index is -0.586. The van der Waals surface area contributed by atoms with Gasteiger partial charge in [-0.25, -0.2) is 0 Å². The highest BCUT2D eigenvalue weighted by Gasteiger charge is 2.14. The maximum atomic E-state index is 11.8. The third-order valence-corrected chi connectivity index (χ3v) is 3.29. The summed E-state index contributed by atoms with van der Waals surface area (Å²) in [5, 5.41) is 2.81. The van der Waals surface area contributed by atoms with E-state index in [4.69, 9.17) is 27.9 Å². The molecule has 5 nitrogen and oxygen atoms in total. The van der Waals surface area contributed by atoms with Crippen LogP contribution in [-0.4, -0.2) is 23.0 Å². The van der Waals surface area contributed by atoms with E-state index in [1.54, 1.807) is 48.1 Å². The third-order valence-electron chi connectivity index (χ3n) is 2.70. The number of halogens is 2. The fraction of sp³-hybridized carbons (Fsp3) is 0.143. The van der Waals surface area contributed by atoms with Gasteiger partial charge in [-0.05, 0) is 24.3 Å². The van der Waals surface area contributed by atoms with Crippen LogP contribution in [0.5, 0.6) is 5.75 Å². The molecule has 0 aliphatic heterocycles. The number of amides is 2. The van der Waals surface area contributed by atoms with Gasteiger partial charge < -0.3 is 9.30 Å². The molecule has 2 amide bonds. The van der Waals surface area contributed by atoms with E-state index in [0.717, 1.165) is 0 Å². The number of hydrogen-bond acceptors (Lipinski definition) is 3. The molecular formula is C14H12Cl2N2O3. The van der Waals surface area contributed by atoms with Crippen molar-refractivity contribution < 1.29 is 14.3 Å². The summed E-state index contributed by atoms with van der Waals surface area (Å²) in [6.45, 7) is -0.361. The largest absolute Gasteiger partial charge is 0.481 e. The van der Waals surface area contributed by atoms with Crippen molar-refractivity contribution in [1.82, 2.24) is 9.88 Å². The monoisotopic (exact) mass is 326 g/mol. The predicted octanol–water partition coefficient (Wildman–Crippen LogP) is 2.67. The zero-order valence-corrected chi connectivity index (χ0v) is 12.6. The van der Waals surface area contributed by atoms with Crippen LogP contribution in [0.4, 0.5) is 0 Å². The Hall–Kier alpha value is -1.98. The van der Waals surface area contributed by atoms with Crippen LogP contribution >= 0.6 is 23.2 Å². The van der Waals surface area contributed by atoms with E-state index in [2.05, 4.69) is 5.32 Å². The van der Waals surface area contributed by atoms with Gasteiger partial charge in [0.2, 0.25) is 0 Å². The van der Waals surface area contributed by atoms with Crippen LogP contribution in [0.3, 0.4) is 0 Å². The Bertz CT molecular complexity index is 662. The predicted molar refractivity (Wildman–Crippen MR) is 79.8 cm³/mol. The SMILES string of the molecule is Cn1cccc1C(=O)NC(=O)COc1c(Cl)cccc1Cl. The van der Waals surface area contributed by atoms with Crippen molar-refractivity contribution in [2.45, 2.75) is 0 Å². The minimum absolute atomic E-state index is 0.210. The summed E-state index contributed by atoms with van der Waals surface area (Å²) >= 11 is 11.8. The smallest absolute Gasteiger partial charge is 0.274 e. The van der Waals surface area contributed by atoms with Crippen LogP contribution in [0.25, 0.3) is 0 Å². The normalized spacial score (nSPS) is 10.2. The number of ether oxygens (including phenoxy) is 1. The van der Waals surface area contributed by atoms with Crippen molar-refractivity contribution in [1.29, 1.82) is 0 Å². The first-order chi connectivity index (χ1) is 9.99. The standard InChI is InChI=1S/C14H12Cl2N2O3/c1-18-7-3-6-11(18)14(20)17-12(19)8-21-13-9(15)4-2-5-10(13)16/h2-7H,8H2,1H3,(H,17,19,20). The van der Waals surface area contributed by atoms with Crippen LogP contribution in [0.15, 0.2) is 36.5 Å². The van der Waals surface area contributed by atoms with Gasteiger partial charge in [-0.3, -0.25) is 14.9 Å². The van der Waals surface area contributed by atoms with Crippen molar-refractivity contribution in [2.75, 3.05) is 6.61 Å². The van der Waals surface area contributed by atoms with Crippen LogP contribution < -0.4 is 10.1 Å². The summed E-state index contributed by atoms with van der Waals surface area (Å²) in [6, 6.07) is 8.16. The van der Waals surface area contributed by atoms with Crippen molar-refractivity contribution in [3.63, 3.8) is 0 Å². The molecule has 0 saturated heterocycles. The number of carbonyl (C=O) groups is 2. The Balaban J connectivity index is 1.94. The maximum absolute atomic E-state index is 11.8. The lowest BCUT2D eigenvalue weighted by molar-refractivity contribution is -0.122. The molecule has 0 aliphatic carbocycles. The highest BCUT2D eigenvalue weighted by molar-refractivity contribution is 6.37. The van der Waals surface area contributed by atoms with Gasteiger partial charge in [0.1, 0.15) is 5.69 Å². The molecule has 1 aromatic heterocycles. The first-order valence-electron chi connectivity index (χ1n) is 6.01. The molecule has 2 aromatic rings. The summed E-state index contributed by atoms with van der Waals surface area (Å²) in [4.78, 5) is 23.5. The van der Waals surface area contributed by atoms with Gasteiger partial charge in [0.15, 0.2) is 12.4 Å². The number of aromatic nitrogens is 1. The molecule has 110 valence electrons. The number of carbonyl (C=O) groups excluding carboxylic acids is 2. The molecule has 1 aromatic carbocycles. The second-order valence-electron chi connectivity index (χ2n) is 4.22. The van der Waals surface area contributed by atoms with E-state index in [9.17, 15) is 9.59 Å². The molecular weight excluding hydrogens is 315 g/mol. The number of nitrogens with one attached hydrogen (secondary N) is 1. The lowest BCUT2D eigenvalue weighted by Crippen LogP contribution is -2.35. The number of para-hydroxylation sites is 1. The van der Waals surface area contributed by atoms with Gasteiger partial charge in [-0.1, -0.05) is 29.3 Å². The van der Waals surface area contributed by atoms with Crippen molar-refractivity contribution in [2.24, 2.45) is 7.05 Å². The van der Waals surface area contributed by atoms with Crippen molar-refractivity contribution >= 4 is 35.0 Å². The number of rotatable bonds is 4. The van der Waals surface area contributed by atoms with Crippen LogP contribution in [0, 0.1) is 0 Å². The van der Waals surface area contributed by atoms with Crippen LogP contribution in [-0.2, 0) is 11.8 Å². The summed E-state index contributed by atoms with van der Waals surface area (Å²) in [6.07, 6.45) is 1.71. The zero-order chi connectivity index (χ0) is 15.4. The Kier molecular flexibility index (Phi) is 4.88. The topological polar surface area (TPSA) is 60.3 Å². The van der Waals surface area contributed by atoms with E-state index in [-0.39, 0.29) is 12.4 Å². The molecule has 0 unspecified atom stereocenters. The average Bonchev–Trinajstić information content (AvgIpc) is 2.84. The molecule has 0 spiro atoms. The number of hydrogen-bond donors (Lipinski definition) is 1. The maximum Gasteiger partial charge on any atom is 0.274 e. The third kappa shape index (κ3) is 3.77. The van der Waals surface area contributed by atoms with Crippen LogP contribution in [0.1, 0.15) is 10.5 Å². The molecule has 0 radical (unpaired) electrons. The van der Waals surface area contributed by atoms with E-state index in [1.807, 2.05) is 0 Å². The van der Waals surface area contributed by atoms with Gasteiger partial charge in [0, 0.05) is 13.2 Å². The Morgan fingerprint density at radius 1 is 1.19 bits per heavy atom. The fourth-order valence-corrected chi connectivity index (χ4v) is 2.19. The lowest BCUT2D eigenvalue weighted by Gasteiger charge is -2.09. The quantitative estimate of drug-likeness (QED) is 0.939. The number of nitrogens with zero attached hydrogens (tertiary/aromatic N) is 1. The van der Waals surface area contributed by atoms with Crippen molar-refractivity contribution in [3.05, 3.63) is 52.3 Å². The Morgan fingerprint density at radius 3 is 2.43 bits per heavy atom. The van der Waals surface area contributed by atoms with E-state index in [1.165, 1.54) is 0 Å². The molecule has 0 saturated carbocycles. The molecule has 0 atom stereocenters. The average molecular weight is 327 g/mol. The second-order valence-corrected chi connectivity index (χ2v) is 5.04. The highest BCUT2D eigenvalue weighted by atomic mass is 35.5. The first kappa shape index (κ1) is 15.4. The van der Waals surface area contributed by atoms with Crippen LogP contribution in [0.2, 0.25) is 10.0 Å². The Morgan fingerprint density at radius 2 is 1.86 bits per heavy atom. The number of benzene rings is 1. The lowest BCUT2D eigenvalue weighted by atomic mass is 10.3. The number of aryl methyl sites for hydroxylation is 1. The van der Waals surface area contributed by atoms with Crippen molar-refractivity contribution in [3.8, 4) is 5.75 Å².